The monoisotopic (exact) mass is 795 g/mol. The number of benzene rings is 3. The van der Waals surface area contributed by atoms with E-state index in [1.54, 1.807) is 30.6 Å². The van der Waals surface area contributed by atoms with E-state index in [1.165, 1.54) is 44.4 Å². The quantitative estimate of drug-likeness (QED) is 0.133. The summed E-state index contributed by atoms with van der Waals surface area (Å²) in [5.41, 5.74) is 4.80. The minimum absolute atomic E-state index is 0.0262. The van der Waals surface area contributed by atoms with Crippen LogP contribution in [0.5, 0.6) is 0 Å². The highest BCUT2D eigenvalue weighted by Gasteiger charge is 2.31. The highest BCUT2D eigenvalue weighted by atomic mass is 35.5. The molecule has 2 fully saturated rings. The van der Waals surface area contributed by atoms with Crippen LogP contribution in [0.15, 0.2) is 85.3 Å². The second kappa shape index (κ2) is 15.7. The van der Waals surface area contributed by atoms with Gasteiger partial charge in [-0.25, -0.2) is 14.8 Å². The fourth-order valence-electron chi connectivity index (χ4n) is 8.13. The van der Waals surface area contributed by atoms with Crippen LogP contribution in [0.1, 0.15) is 71.5 Å². The molecule has 6 aromatic rings. The number of aromatic carboxylic acids is 1. The van der Waals surface area contributed by atoms with Crippen molar-refractivity contribution in [2.45, 2.75) is 51.1 Å². The van der Waals surface area contributed by atoms with Gasteiger partial charge in [-0.3, -0.25) is 9.69 Å². The van der Waals surface area contributed by atoms with Gasteiger partial charge in [-0.15, -0.1) is 0 Å². The van der Waals surface area contributed by atoms with Crippen molar-refractivity contribution in [2.24, 2.45) is 0 Å². The Balaban J connectivity index is 1.23. The summed E-state index contributed by atoms with van der Waals surface area (Å²) in [6.07, 6.45) is 9.39. The van der Waals surface area contributed by atoms with Crippen molar-refractivity contribution in [1.29, 1.82) is 0 Å². The van der Waals surface area contributed by atoms with Gasteiger partial charge in [0.05, 0.1) is 35.0 Å². The molecular formula is C42H40Cl3N7O3. The molecule has 0 spiro atoms. The number of hydrogen-bond donors (Lipinski definition) is 3. The van der Waals surface area contributed by atoms with E-state index in [0.29, 0.717) is 68.2 Å². The summed E-state index contributed by atoms with van der Waals surface area (Å²) in [5.74, 6) is -1.08. The number of fused-ring (bicyclic) bond motifs is 1. The topological polar surface area (TPSA) is 119 Å². The second-order valence-electron chi connectivity index (χ2n) is 14.3. The van der Waals surface area contributed by atoms with Gasteiger partial charge in [0, 0.05) is 75.5 Å². The highest BCUT2D eigenvalue weighted by Crippen LogP contribution is 2.42. The van der Waals surface area contributed by atoms with Crippen LogP contribution in [0.25, 0.3) is 33.4 Å². The first-order valence-electron chi connectivity index (χ1n) is 18.6. The van der Waals surface area contributed by atoms with Gasteiger partial charge in [0.15, 0.2) is 5.82 Å². The molecule has 1 amide bonds. The number of hydrogen-bond acceptors (Lipinski definition) is 6. The third kappa shape index (κ3) is 7.44. The average Bonchev–Trinajstić information content (AvgIpc) is 3.80. The number of carbonyl (C=O) groups excluding carboxylic acids is 1. The minimum Gasteiger partial charge on any atom is -0.478 e. The molecular weight excluding hydrogens is 757 g/mol. The maximum Gasteiger partial charge on any atom is 0.337 e. The Hall–Kier alpha value is -4.87. The van der Waals surface area contributed by atoms with Crippen LogP contribution in [0, 0.1) is 0 Å². The number of carboxylic acid groups (broad SMARTS) is 1. The first-order valence-corrected chi connectivity index (χ1v) is 19.7. The Labute approximate surface area is 334 Å². The molecule has 4 heterocycles. The minimum atomic E-state index is -1.14. The summed E-state index contributed by atoms with van der Waals surface area (Å²) in [4.78, 5) is 44.6. The molecule has 1 aliphatic heterocycles. The number of H-pyrrole nitrogens is 1. The van der Waals surface area contributed by atoms with Crippen molar-refractivity contribution in [3.05, 3.63) is 117 Å². The predicted octanol–water partition coefficient (Wildman–Crippen LogP) is 10.1. The lowest BCUT2D eigenvalue weighted by molar-refractivity contribution is 0.0696. The molecule has 1 atom stereocenters. The maximum absolute atomic E-state index is 14.8. The van der Waals surface area contributed by atoms with Gasteiger partial charge in [0.1, 0.15) is 5.69 Å². The van der Waals surface area contributed by atoms with Gasteiger partial charge in [-0.1, -0.05) is 96.5 Å². The van der Waals surface area contributed by atoms with Crippen molar-refractivity contribution >= 4 is 69.1 Å². The number of aromatic amines is 1. The van der Waals surface area contributed by atoms with Crippen LogP contribution < -0.4 is 10.2 Å². The Morgan fingerprint density at radius 2 is 1.62 bits per heavy atom. The number of imidazole rings is 1. The van der Waals surface area contributed by atoms with Crippen LogP contribution in [0.3, 0.4) is 0 Å². The molecule has 1 aliphatic carbocycles. The second-order valence-corrected chi connectivity index (χ2v) is 15.6. The van der Waals surface area contributed by atoms with Crippen molar-refractivity contribution in [2.75, 3.05) is 36.4 Å². The summed E-state index contributed by atoms with van der Waals surface area (Å²) < 4.78 is 2.01. The number of rotatable bonds is 9. The zero-order valence-corrected chi connectivity index (χ0v) is 32.5. The maximum atomic E-state index is 14.8. The Bertz CT molecular complexity index is 2380. The van der Waals surface area contributed by atoms with Gasteiger partial charge in [0.25, 0.3) is 5.91 Å². The predicted molar refractivity (Wildman–Crippen MR) is 220 cm³/mol. The third-order valence-corrected chi connectivity index (χ3v) is 11.8. The van der Waals surface area contributed by atoms with Crippen molar-refractivity contribution in [3.8, 4) is 22.5 Å². The van der Waals surface area contributed by atoms with Crippen LogP contribution >= 0.6 is 34.8 Å². The largest absolute Gasteiger partial charge is 0.478 e. The summed E-state index contributed by atoms with van der Waals surface area (Å²) in [7, 11) is 0. The molecule has 10 nitrogen and oxygen atoms in total. The van der Waals surface area contributed by atoms with E-state index in [9.17, 15) is 14.7 Å². The zero-order chi connectivity index (χ0) is 38.2. The number of amides is 1. The number of nitrogens with zero attached hydrogens (tertiary/aromatic N) is 5. The first kappa shape index (κ1) is 37.1. The average molecular weight is 797 g/mol. The smallest absolute Gasteiger partial charge is 0.337 e. The Morgan fingerprint density at radius 3 is 2.35 bits per heavy atom. The van der Waals surface area contributed by atoms with E-state index in [1.807, 2.05) is 54.0 Å². The number of carboxylic acids is 1. The molecule has 3 aromatic heterocycles. The lowest BCUT2D eigenvalue weighted by Crippen LogP contribution is -2.51. The molecule has 3 N–H and O–H groups in total. The highest BCUT2D eigenvalue weighted by molar-refractivity contribution is 6.35. The molecule has 8 rings (SSSR count). The SMILES string of the molecule is CC(c1ccc(Cl)cc1Cl)n1cnc(-c2ccccc2)c1-c1c(C(=O)Nc2cc(C(=O)O)cnc2N2CCN(C3CCCCC3)CC2)[nH]c2cc(Cl)ccc12. The van der Waals surface area contributed by atoms with E-state index >= 15 is 0 Å². The van der Waals surface area contributed by atoms with E-state index in [4.69, 9.17) is 39.8 Å². The fourth-order valence-corrected chi connectivity index (χ4v) is 8.87. The van der Waals surface area contributed by atoms with E-state index in [-0.39, 0.29) is 17.3 Å². The van der Waals surface area contributed by atoms with Crippen LogP contribution in [-0.4, -0.2) is 73.6 Å². The summed E-state index contributed by atoms with van der Waals surface area (Å²) in [6, 6.07) is 22.4. The first-order chi connectivity index (χ1) is 26.7. The van der Waals surface area contributed by atoms with Crippen molar-refractivity contribution in [1.82, 2.24) is 24.4 Å². The molecule has 1 saturated heterocycles. The molecule has 13 heteroatoms. The number of halogens is 3. The molecule has 0 bridgehead atoms. The lowest BCUT2D eigenvalue weighted by Gasteiger charge is -2.41. The Kier molecular flexibility index (Phi) is 10.6. The van der Waals surface area contributed by atoms with Gasteiger partial charge in [-0.05, 0) is 55.7 Å². The number of piperazine rings is 1. The van der Waals surface area contributed by atoms with Gasteiger partial charge < -0.3 is 24.9 Å². The van der Waals surface area contributed by atoms with E-state index in [0.717, 1.165) is 29.6 Å². The van der Waals surface area contributed by atoms with E-state index < -0.39 is 11.9 Å². The number of pyridine rings is 1. The molecule has 2 aliphatic rings. The normalized spacial score (nSPS) is 16.0. The number of aromatic nitrogens is 4. The zero-order valence-electron chi connectivity index (χ0n) is 30.2. The molecule has 1 unspecified atom stereocenters. The molecule has 1 saturated carbocycles. The summed E-state index contributed by atoms with van der Waals surface area (Å²) in [5, 5.41) is 15.3. The van der Waals surface area contributed by atoms with Gasteiger partial charge in [0.2, 0.25) is 0 Å². The van der Waals surface area contributed by atoms with Crippen LogP contribution in [0.2, 0.25) is 15.1 Å². The standard InChI is InChI=1S/C42H40Cl3N7O3/c1-25(31-14-12-28(43)21-33(31)45)52-24-47-37(26-8-4-2-5-9-26)39(52)36-32-15-13-29(44)22-34(32)48-38(36)41(53)49-35-20-27(42(54)55)23-46-40(35)51-18-16-50(17-19-51)30-10-6-3-7-11-30/h2,4-5,8-9,12-15,20-25,30,48H,3,6-7,10-11,16-19H2,1H3,(H,49,53)(H,54,55). The van der Waals surface area contributed by atoms with Gasteiger partial charge in [-0.2, -0.15) is 0 Å². The molecule has 0 radical (unpaired) electrons. The van der Waals surface area contributed by atoms with Crippen molar-refractivity contribution in [3.63, 3.8) is 0 Å². The van der Waals surface area contributed by atoms with E-state index in [2.05, 4.69) is 25.1 Å². The summed E-state index contributed by atoms with van der Waals surface area (Å²) >= 11 is 19.6. The molecule has 55 heavy (non-hydrogen) atoms. The Morgan fingerprint density at radius 1 is 0.891 bits per heavy atom. The van der Waals surface area contributed by atoms with Crippen LogP contribution in [-0.2, 0) is 0 Å². The molecule has 3 aromatic carbocycles. The lowest BCUT2D eigenvalue weighted by atomic mass is 9.94. The fraction of sp³-hybridized carbons (Fsp3) is 0.286. The number of carbonyl (C=O) groups is 2. The molecule has 282 valence electrons. The number of anilines is 2. The number of nitrogens with one attached hydrogen (secondary N) is 2. The van der Waals surface area contributed by atoms with Crippen LogP contribution in [0.4, 0.5) is 11.5 Å². The third-order valence-electron chi connectivity index (χ3n) is 11.0. The van der Waals surface area contributed by atoms with Crippen molar-refractivity contribution < 1.29 is 14.7 Å². The van der Waals surface area contributed by atoms with Gasteiger partial charge >= 0.3 is 5.97 Å². The summed E-state index contributed by atoms with van der Waals surface area (Å²) in [6.45, 7) is 5.17.